The molecule has 1 atom stereocenters. The number of anilines is 1. The lowest BCUT2D eigenvalue weighted by Gasteiger charge is -2.42. The van der Waals surface area contributed by atoms with Gasteiger partial charge in [0.15, 0.2) is 0 Å². The zero-order chi connectivity index (χ0) is 22.5. The highest BCUT2D eigenvalue weighted by Gasteiger charge is 2.48. The lowest BCUT2D eigenvalue weighted by Crippen LogP contribution is -2.63. The molecule has 7 heteroatoms. The first-order valence-corrected chi connectivity index (χ1v) is 10.0. The van der Waals surface area contributed by atoms with Gasteiger partial charge >= 0.3 is 6.09 Å². The molecule has 0 unspecified atom stereocenters. The number of carbonyl (C=O) groups is 2. The Kier molecular flexibility index (Phi) is 7.08. The second kappa shape index (κ2) is 9.15. The molecule has 2 amide bonds. The Labute approximate surface area is 177 Å². The first-order chi connectivity index (χ1) is 14.0. The third-order valence-electron chi connectivity index (χ3n) is 5.26. The molecule has 1 aromatic heterocycles. The summed E-state index contributed by atoms with van der Waals surface area (Å²) in [6, 6.07) is 11.1. The predicted molar refractivity (Wildman–Crippen MR) is 117 cm³/mol. The van der Waals surface area contributed by atoms with Gasteiger partial charge in [0.1, 0.15) is 11.3 Å². The highest BCUT2D eigenvalue weighted by Crippen LogP contribution is 2.34. The number of hydrogen-bond donors (Lipinski definition) is 3. The van der Waals surface area contributed by atoms with Crippen LogP contribution in [0.15, 0.2) is 42.6 Å². The van der Waals surface area contributed by atoms with E-state index in [9.17, 15) is 14.7 Å². The lowest BCUT2D eigenvalue weighted by atomic mass is 9.71. The summed E-state index contributed by atoms with van der Waals surface area (Å²) < 4.78 is 5.81. The summed E-state index contributed by atoms with van der Waals surface area (Å²) in [6.45, 7) is 11.5. The monoisotopic (exact) mass is 413 g/mol. The van der Waals surface area contributed by atoms with Crippen molar-refractivity contribution in [3.63, 3.8) is 0 Å². The Morgan fingerprint density at radius 3 is 2.37 bits per heavy atom. The molecule has 2 rings (SSSR count). The Morgan fingerprint density at radius 2 is 1.87 bits per heavy atom. The smallest absolute Gasteiger partial charge is 0.405 e. The summed E-state index contributed by atoms with van der Waals surface area (Å²) in [5.74, 6) is 1.05. The van der Waals surface area contributed by atoms with Crippen LogP contribution < -0.4 is 15.4 Å². The topological polar surface area (TPSA) is 101 Å². The molecule has 0 bridgehead atoms. The number of amides is 2. The molecule has 162 valence electrons. The quantitative estimate of drug-likeness (QED) is 0.564. The summed E-state index contributed by atoms with van der Waals surface area (Å²) >= 11 is 0. The first kappa shape index (κ1) is 23.2. The SMILES string of the molecule is CC[C@](NC(=O)O)(C(=O)Nc1ccc(Oc2cccc(C(C)C)c2)nc1)C(C)(C)C. The maximum atomic E-state index is 13.0. The molecule has 0 saturated heterocycles. The fraction of sp³-hybridized carbons (Fsp3) is 0.435. The first-order valence-electron chi connectivity index (χ1n) is 10.0. The Bertz CT molecular complexity index is 888. The number of aromatic nitrogens is 1. The highest BCUT2D eigenvalue weighted by molar-refractivity contribution is 6.00. The van der Waals surface area contributed by atoms with Crippen molar-refractivity contribution in [1.29, 1.82) is 0 Å². The van der Waals surface area contributed by atoms with Gasteiger partial charge in [-0.05, 0) is 41.5 Å². The van der Waals surface area contributed by atoms with E-state index in [1.165, 1.54) is 11.8 Å². The summed E-state index contributed by atoms with van der Waals surface area (Å²) in [6.07, 6.45) is 0.547. The molecule has 0 saturated carbocycles. The van der Waals surface area contributed by atoms with E-state index in [2.05, 4.69) is 29.5 Å². The van der Waals surface area contributed by atoms with Gasteiger partial charge in [0.2, 0.25) is 5.88 Å². The normalized spacial score (nSPS) is 13.4. The van der Waals surface area contributed by atoms with Crippen LogP contribution in [-0.2, 0) is 4.79 Å². The number of ether oxygens (including phenoxy) is 1. The zero-order valence-electron chi connectivity index (χ0n) is 18.4. The van der Waals surface area contributed by atoms with E-state index >= 15 is 0 Å². The van der Waals surface area contributed by atoms with Crippen LogP contribution in [0.4, 0.5) is 10.5 Å². The van der Waals surface area contributed by atoms with E-state index in [4.69, 9.17) is 4.74 Å². The number of pyridine rings is 1. The number of carbonyl (C=O) groups excluding carboxylic acids is 1. The Balaban J connectivity index is 2.17. The van der Waals surface area contributed by atoms with Crippen LogP contribution in [0, 0.1) is 5.41 Å². The molecule has 0 aliphatic rings. The molecule has 2 aromatic rings. The summed E-state index contributed by atoms with van der Waals surface area (Å²) in [4.78, 5) is 28.6. The number of rotatable bonds is 7. The van der Waals surface area contributed by atoms with Crippen molar-refractivity contribution in [3.8, 4) is 11.6 Å². The van der Waals surface area contributed by atoms with Crippen LogP contribution in [0.25, 0.3) is 0 Å². The molecule has 7 nitrogen and oxygen atoms in total. The van der Waals surface area contributed by atoms with Crippen molar-refractivity contribution in [2.24, 2.45) is 5.41 Å². The van der Waals surface area contributed by atoms with E-state index in [0.29, 0.717) is 29.7 Å². The fourth-order valence-electron chi connectivity index (χ4n) is 3.36. The number of carboxylic acid groups (broad SMARTS) is 1. The van der Waals surface area contributed by atoms with Crippen molar-refractivity contribution >= 4 is 17.7 Å². The second-order valence-electron chi connectivity index (χ2n) is 8.61. The summed E-state index contributed by atoms with van der Waals surface area (Å²) in [5, 5.41) is 14.5. The van der Waals surface area contributed by atoms with Gasteiger partial charge in [0.25, 0.3) is 5.91 Å². The molecule has 0 spiro atoms. The third-order valence-corrected chi connectivity index (χ3v) is 5.26. The van der Waals surface area contributed by atoms with E-state index in [-0.39, 0.29) is 0 Å². The number of nitrogens with one attached hydrogen (secondary N) is 2. The van der Waals surface area contributed by atoms with Crippen molar-refractivity contribution in [1.82, 2.24) is 10.3 Å². The number of hydrogen-bond acceptors (Lipinski definition) is 4. The van der Waals surface area contributed by atoms with Crippen molar-refractivity contribution in [2.75, 3.05) is 5.32 Å². The average Bonchev–Trinajstić information content (AvgIpc) is 2.66. The van der Waals surface area contributed by atoms with Gasteiger partial charge in [0, 0.05) is 6.07 Å². The van der Waals surface area contributed by atoms with Crippen LogP contribution in [0.2, 0.25) is 0 Å². The molecular formula is C23H31N3O4. The molecule has 0 aliphatic carbocycles. The minimum absolute atomic E-state index is 0.301. The molecule has 0 aliphatic heterocycles. The van der Waals surface area contributed by atoms with Gasteiger partial charge in [-0.2, -0.15) is 0 Å². The van der Waals surface area contributed by atoms with E-state index in [1.54, 1.807) is 19.1 Å². The van der Waals surface area contributed by atoms with Crippen LogP contribution in [0.5, 0.6) is 11.6 Å². The van der Waals surface area contributed by atoms with E-state index in [1.807, 2.05) is 45.0 Å². The molecule has 0 radical (unpaired) electrons. The van der Waals surface area contributed by atoms with Gasteiger partial charge in [-0.1, -0.05) is 53.7 Å². The van der Waals surface area contributed by atoms with Gasteiger partial charge in [0.05, 0.1) is 11.9 Å². The maximum Gasteiger partial charge on any atom is 0.405 e. The van der Waals surface area contributed by atoms with Crippen LogP contribution >= 0.6 is 0 Å². The summed E-state index contributed by atoms with van der Waals surface area (Å²) in [5.41, 5.74) is -0.300. The minimum Gasteiger partial charge on any atom is -0.465 e. The Morgan fingerprint density at radius 1 is 1.17 bits per heavy atom. The molecule has 3 N–H and O–H groups in total. The van der Waals surface area contributed by atoms with Gasteiger partial charge in [-0.15, -0.1) is 0 Å². The summed E-state index contributed by atoms with van der Waals surface area (Å²) in [7, 11) is 0. The van der Waals surface area contributed by atoms with Gasteiger partial charge in [-0.25, -0.2) is 9.78 Å². The highest BCUT2D eigenvalue weighted by atomic mass is 16.5. The molecule has 1 aromatic carbocycles. The lowest BCUT2D eigenvalue weighted by molar-refractivity contribution is -0.126. The maximum absolute atomic E-state index is 13.0. The van der Waals surface area contributed by atoms with Crippen LogP contribution in [0.1, 0.15) is 59.4 Å². The van der Waals surface area contributed by atoms with Crippen molar-refractivity contribution < 1.29 is 19.4 Å². The van der Waals surface area contributed by atoms with Crippen molar-refractivity contribution in [3.05, 3.63) is 48.2 Å². The number of nitrogens with zero attached hydrogens (tertiary/aromatic N) is 1. The third kappa shape index (κ3) is 5.28. The average molecular weight is 414 g/mol. The van der Waals surface area contributed by atoms with Crippen LogP contribution in [-0.4, -0.2) is 27.6 Å². The largest absolute Gasteiger partial charge is 0.465 e. The zero-order valence-corrected chi connectivity index (χ0v) is 18.4. The van der Waals surface area contributed by atoms with Gasteiger partial charge in [-0.3, -0.25) is 4.79 Å². The van der Waals surface area contributed by atoms with Crippen molar-refractivity contribution in [2.45, 2.75) is 59.4 Å². The molecule has 30 heavy (non-hydrogen) atoms. The Hall–Kier alpha value is -3.09. The second-order valence-corrected chi connectivity index (χ2v) is 8.61. The van der Waals surface area contributed by atoms with E-state index < -0.39 is 23.0 Å². The molecule has 1 heterocycles. The minimum atomic E-state index is -1.29. The fourth-order valence-corrected chi connectivity index (χ4v) is 3.36. The number of benzene rings is 1. The molecular weight excluding hydrogens is 382 g/mol. The standard InChI is InChI=1S/C23H31N3O4/c1-7-23(22(4,5)6,26-21(28)29)20(27)25-17-11-12-19(24-14-17)30-18-10-8-9-16(13-18)15(2)3/h8-15,26H,7H2,1-6H3,(H,25,27)(H,28,29)/t23-/m0/s1. The molecule has 0 fully saturated rings. The van der Waals surface area contributed by atoms with Crippen LogP contribution in [0.3, 0.4) is 0 Å². The van der Waals surface area contributed by atoms with Gasteiger partial charge < -0.3 is 20.5 Å². The van der Waals surface area contributed by atoms with E-state index in [0.717, 1.165) is 0 Å². The predicted octanol–water partition coefficient (Wildman–Crippen LogP) is 5.40.